The van der Waals surface area contributed by atoms with E-state index >= 15 is 0 Å². The number of aromatic hydroxyl groups is 2. The molecule has 0 amide bonds. The van der Waals surface area contributed by atoms with Gasteiger partial charge in [0.25, 0.3) is 0 Å². The first-order valence-electron chi connectivity index (χ1n) is 6.85. The molecule has 0 aliphatic rings. The number of phenolic OH excluding ortho intramolecular Hbond substituents is 2. The molecule has 3 rings (SSSR count). The minimum atomic E-state index is -0.408. The number of halogens is 3. The fraction of sp³-hybridized carbons (Fsp3) is 0. The average Bonchev–Trinajstić information content (AvgIpc) is 2.54. The van der Waals surface area contributed by atoms with Crippen LogP contribution in [0.4, 0.5) is 0 Å². The zero-order valence-electron chi connectivity index (χ0n) is 12.1. The third-order valence-electron chi connectivity index (χ3n) is 3.55. The summed E-state index contributed by atoms with van der Waals surface area (Å²) in [4.78, 5) is 0. The molecule has 3 nitrogen and oxygen atoms in total. The topological polar surface area (TPSA) is 63.5 Å². The van der Waals surface area contributed by atoms with E-state index in [1.807, 2.05) is 0 Å². The monoisotopic (exact) mass is 379 g/mol. The Bertz CT molecular complexity index is 866. The summed E-state index contributed by atoms with van der Waals surface area (Å²) in [5, 5.41) is 34.0. The van der Waals surface area contributed by atoms with Gasteiger partial charge in [-0.25, -0.2) is 0 Å². The number of phenols is 2. The van der Waals surface area contributed by atoms with Crippen LogP contribution in [0.25, 0.3) is 22.3 Å². The predicted molar refractivity (Wildman–Crippen MR) is 95.1 cm³/mol. The van der Waals surface area contributed by atoms with E-state index in [-0.39, 0.29) is 38.8 Å². The standard InChI is InChI=1S/C18H11Cl3O3/c19-9-1-3-16(22)12(5-9)14-7-11(21)8-15(18(14)24)13-6-10(20)2-4-17(13)23/h1-8,22-24H/p-1. The van der Waals surface area contributed by atoms with E-state index in [9.17, 15) is 15.3 Å². The molecule has 6 heteroatoms. The summed E-state index contributed by atoms with van der Waals surface area (Å²) >= 11 is 18.1. The minimum absolute atomic E-state index is 0.0972. The van der Waals surface area contributed by atoms with Crippen LogP contribution in [0, 0.1) is 0 Å². The van der Waals surface area contributed by atoms with E-state index < -0.39 is 5.75 Å². The summed E-state index contributed by atoms with van der Waals surface area (Å²) in [6.07, 6.45) is 0. The Morgan fingerprint density at radius 3 is 1.38 bits per heavy atom. The maximum Gasteiger partial charge on any atom is 0.123 e. The second-order valence-corrected chi connectivity index (χ2v) is 6.46. The SMILES string of the molecule is [O-]c1c(-c2cc(Cl)ccc2O)cc(Cl)cc1-c1cc(Cl)ccc1O. The van der Waals surface area contributed by atoms with Gasteiger partial charge in [0.05, 0.1) is 0 Å². The van der Waals surface area contributed by atoms with E-state index in [1.165, 1.54) is 48.5 Å². The van der Waals surface area contributed by atoms with Crippen molar-refractivity contribution < 1.29 is 15.3 Å². The molecule has 0 heterocycles. The minimum Gasteiger partial charge on any atom is -0.872 e. The van der Waals surface area contributed by atoms with Crippen LogP contribution in [0.15, 0.2) is 48.5 Å². The van der Waals surface area contributed by atoms with Gasteiger partial charge < -0.3 is 15.3 Å². The second-order valence-electron chi connectivity index (χ2n) is 5.15. The van der Waals surface area contributed by atoms with Crippen molar-refractivity contribution in [2.75, 3.05) is 0 Å². The molecule has 0 spiro atoms. The van der Waals surface area contributed by atoms with Crippen LogP contribution < -0.4 is 5.11 Å². The van der Waals surface area contributed by atoms with E-state index in [4.69, 9.17) is 34.8 Å². The fourth-order valence-corrected chi connectivity index (χ4v) is 3.00. The average molecular weight is 381 g/mol. The first kappa shape index (κ1) is 16.8. The van der Waals surface area contributed by atoms with Crippen molar-refractivity contribution in [3.05, 3.63) is 63.6 Å². The van der Waals surface area contributed by atoms with Gasteiger partial charge in [0, 0.05) is 26.2 Å². The summed E-state index contributed by atoms with van der Waals surface area (Å²) in [5.41, 5.74) is 0.879. The molecule has 122 valence electrons. The Kier molecular flexibility index (Phi) is 4.50. The Morgan fingerprint density at radius 2 is 0.958 bits per heavy atom. The Morgan fingerprint density at radius 1 is 0.583 bits per heavy atom. The lowest BCUT2D eigenvalue weighted by Crippen LogP contribution is -1.98. The van der Waals surface area contributed by atoms with Crippen molar-refractivity contribution in [1.29, 1.82) is 0 Å². The molecule has 0 aliphatic carbocycles. The molecule has 3 aromatic rings. The molecule has 24 heavy (non-hydrogen) atoms. The van der Waals surface area contributed by atoms with Crippen LogP contribution in [0.2, 0.25) is 15.1 Å². The zero-order chi connectivity index (χ0) is 17.4. The summed E-state index contributed by atoms with van der Waals surface area (Å²) in [6.45, 7) is 0. The summed E-state index contributed by atoms with van der Waals surface area (Å²) in [7, 11) is 0. The van der Waals surface area contributed by atoms with Gasteiger partial charge >= 0.3 is 0 Å². The smallest absolute Gasteiger partial charge is 0.123 e. The summed E-state index contributed by atoms with van der Waals surface area (Å²) in [5.74, 6) is -0.602. The van der Waals surface area contributed by atoms with Crippen molar-refractivity contribution in [3.8, 4) is 39.5 Å². The fourth-order valence-electron chi connectivity index (χ4n) is 2.44. The molecular formula is C18H10Cl3O3-. The van der Waals surface area contributed by atoms with Gasteiger partial charge in [-0.05, 0) is 59.7 Å². The highest BCUT2D eigenvalue weighted by Crippen LogP contribution is 2.44. The van der Waals surface area contributed by atoms with E-state index in [1.54, 1.807) is 0 Å². The molecule has 2 N–H and O–H groups in total. The van der Waals surface area contributed by atoms with Crippen molar-refractivity contribution in [2.24, 2.45) is 0 Å². The Balaban J connectivity index is 2.30. The molecule has 0 aliphatic heterocycles. The van der Waals surface area contributed by atoms with Gasteiger partial charge in [0.1, 0.15) is 11.5 Å². The third-order valence-corrected chi connectivity index (χ3v) is 4.24. The van der Waals surface area contributed by atoms with Crippen LogP contribution in [0.5, 0.6) is 17.2 Å². The van der Waals surface area contributed by atoms with Crippen LogP contribution in [0.1, 0.15) is 0 Å². The highest BCUT2D eigenvalue weighted by Gasteiger charge is 2.13. The van der Waals surface area contributed by atoms with Crippen LogP contribution >= 0.6 is 34.8 Å². The number of hydrogen-bond acceptors (Lipinski definition) is 3. The van der Waals surface area contributed by atoms with Crippen molar-refractivity contribution >= 4 is 34.8 Å². The van der Waals surface area contributed by atoms with Crippen LogP contribution in [0.3, 0.4) is 0 Å². The van der Waals surface area contributed by atoms with Gasteiger partial charge in [0.15, 0.2) is 0 Å². The number of rotatable bonds is 2. The molecule has 3 aromatic carbocycles. The molecule has 0 radical (unpaired) electrons. The molecule has 0 fully saturated rings. The molecule has 0 bridgehead atoms. The van der Waals surface area contributed by atoms with E-state index in [0.717, 1.165) is 0 Å². The lowest BCUT2D eigenvalue weighted by Gasteiger charge is -2.21. The quantitative estimate of drug-likeness (QED) is 0.620. The highest BCUT2D eigenvalue weighted by atomic mass is 35.5. The van der Waals surface area contributed by atoms with Crippen LogP contribution in [-0.2, 0) is 0 Å². The second kappa shape index (κ2) is 6.44. The molecule has 0 atom stereocenters. The summed E-state index contributed by atoms with van der Waals surface area (Å²) < 4.78 is 0. The largest absolute Gasteiger partial charge is 0.872 e. The van der Waals surface area contributed by atoms with Crippen molar-refractivity contribution in [1.82, 2.24) is 0 Å². The first-order valence-corrected chi connectivity index (χ1v) is 7.98. The van der Waals surface area contributed by atoms with E-state index in [0.29, 0.717) is 10.0 Å². The van der Waals surface area contributed by atoms with Gasteiger partial charge in [-0.1, -0.05) is 40.6 Å². The summed E-state index contributed by atoms with van der Waals surface area (Å²) in [6, 6.07) is 11.7. The third kappa shape index (κ3) is 3.11. The van der Waals surface area contributed by atoms with Gasteiger partial charge in [-0.15, -0.1) is 0 Å². The molecule has 0 saturated heterocycles. The molecule has 0 aromatic heterocycles. The number of benzene rings is 3. The molecule has 0 saturated carbocycles. The predicted octanol–water partition coefficient (Wildman–Crippen LogP) is 5.47. The van der Waals surface area contributed by atoms with E-state index in [2.05, 4.69) is 0 Å². The Labute approximate surface area is 153 Å². The molecular weight excluding hydrogens is 371 g/mol. The van der Waals surface area contributed by atoms with Gasteiger partial charge in [0.2, 0.25) is 0 Å². The number of hydrogen-bond donors (Lipinski definition) is 2. The van der Waals surface area contributed by atoms with Crippen LogP contribution in [-0.4, -0.2) is 10.2 Å². The maximum atomic E-state index is 12.9. The Hall–Kier alpha value is -2.07. The highest BCUT2D eigenvalue weighted by molar-refractivity contribution is 6.32. The molecule has 0 unspecified atom stereocenters. The van der Waals surface area contributed by atoms with Gasteiger partial charge in [-0.2, -0.15) is 0 Å². The van der Waals surface area contributed by atoms with Crippen molar-refractivity contribution in [3.63, 3.8) is 0 Å². The van der Waals surface area contributed by atoms with Crippen molar-refractivity contribution in [2.45, 2.75) is 0 Å². The maximum absolute atomic E-state index is 12.9. The normalized spacial score (nSPS) is 10.8. The van der Waals surface area contributed by atoms with Gasteiger partial charge in [-0.3, -0.25) is 0 Å². The lowest BCUT2D eigenvalue weighted by atomic mass is 9.96. The lowest BCUT2D eigenvalue weighted by molar-refractivity contribution is -0.266. The zero-order valence-corrected chi connectivity index (χ0v) is 14.3. The first-order chi connectivity index (χ1) is 11.4.